The molecule has 0 radical (unpaired) electrons. The lowest BCUT2D eigenvalue weighted by Crippen LogP contribution is -2.14. The molecule has 84 valence electrons. The van der Waals surface area contributed by atoms with Gasteiger partial charge in [-0.05, 0) is 11.6 Å². The maximum Gasteiger partial charge on any atom is 0.180 e. The molecule has 0 aliphatic rings. The molecule has 0 fully saturated rings. The number of hydrogen-bond donors (Lipinski definition) is 1. The minimum atomic E-state index is -3.27. The SMILES string of the molecule is COCCS(=O)(=O)c1ccccc1CN. The number of sulfone groups is 1. The molecule has 2 N–H and O–H groups in total. The van der Waals surface area contributed by atoms with Crippen LogP contribution in [0.1, 0.15) is 5.56 Å². The monoisotopic (exact) mass is 229 g/mol. The van der Waals surface area contributed by atoms with E-state index in [1.807, 2.05) is 0 Å². The predicted octanol–water partition coefficient (Wildman–Crippen LogP) is 0.565. The van der Waals surface area contributed by atoms with Gasteiger partial charge < -0.3 is 10.5 Å². The van der Waals surface area contributed by atoms with Crippen molar-refractivity contribution >= 4 is 9.84 Å². The Balaban J connectivity index is 3.04. The van der Waals surface area contributed by atoms with Crippen LogP contribution in [0.5, 0.6) is 0 Å². The van der Waals surface area contributed by atoms with Crippen molar-refractivity contribution in [1.29, 1.82) is 0 Å². The van der Waals surface area contributed by atoms with Gasteiger partial charge >= 0.3 is 0 Å². The fourth-order valence-corrected chi connectivity index (χ4v) is 2.72. The van der Waals surface area contributed by atoms with Gasteiger partial charge in [0.05, 0.1) is 17.3 Å². The quantitative estimate of drug-likeness (QED) is 0.801. The fraction of sp³-hybridized carbons (Fsp3) is 0.400. The van der Waals surface area contributed by atoms with Crippen molar-refractivity contribution in [2.45, 2.75) is 11.4 Å². The van der Waals surface area contributed by atoms with E-state index in [2.05, 4.69) is 0 Å². The fourth-order valence-electron chi connectivity index (χ4n) is 1.28. The first kappa shape index (κ1) is 12.2. The van der Waals surface area contributed by atoms with Crippen LogP contribution in [0.2, 0.25) is 0 Å². The van der Waals surface area contributed by atoms with Crippen LogP contribution in [0.4, 0.5) is 0 Å². The number of nitrogens with two attached hydrogens (primary N) is 1. The third kappa shape index (κ3) is 3.02. The average Bonchev–Trinajstić information content (AvgIpc) is 2.26. The molecule has 0 spiro atoms. The lowest BCUT2D eigenvalue weighted by Gasteiger charge is -2.08. The zero-order chi connectivity index (χ0) is 11.3. The van der Waals surface area contributed by atoms with Crippen LogP contribution < -0.4 is 5.73 Å². The summed E-state index contributed by atoms with van der Waals surface area (Å²) in [6.45, 7) is 0.420. The summed E-state index contributed by atoms with van der Waals surface area (Å²) in [4.78, 5) is 0.310. The van der Waals surface area contributed by atoms with Crippen molar-refractivity contribution < 1.29 is 13.2 Å². The summed E-state index contributed by atoms with van der Waals surface area (Å²) in [5, 5.41) is 0. The number of methoxy groups -OCH3 is 1. The molecule has 0 aliphatic heterocycles. The summed E-state index contributed by atoms with van der Waals surface area (Å²) in [6.07, 6.45) is 0. The Morgan fingerprint density at radius 2 is 2.00 bits per heavy atom. The van der Waals surface area contributed by atoms with Crippen LogP contribution in [-0.4, -0.2) is 27.9 Å². The molecule has 0 bridgehead atoms. The summed E-state index contributed by atoms with van der Waals surface area (Å²) >= 11 is 0. The maximum atomic E-state index is 11.8. The minimum absolute atomic E-state index is 0.0134. The van der Waals surface area contributed by atoms with Gasteiger partial charge in [-0.25, -0.2) is 8.42 Å². The number of benzene rings is 1. The molecule has 0 aromatic heterocycles. The van der Waals surface area contributed by atoms with E-state index in [9.17, 15) is 8.42 Å². The maximum absolute atomic E-state index is 11.8. The second-order valence-electron chi connectivity index (χ2n) is 3.12. The molecular formula is C10H15NO3S. The van der Waals surface area contributed by atoms with E-state index >= 15 is 0 Å². The molecule has 15 heavy (non-hydrogen) atoms. The molecule has 5 heteroatoms. The number of rotatable bonds is 5. The first-order valence-corrected chi connectivity index (χ1v) is 6.26. The molecule has 0 saturated carbocycles. The lowest BCUT2D eigenvalue weighted by molar-refractivity contribution is 0.217. The van der Waals surface area contributed by atoms with Gasteiger partial charge in [-0.2, -0.15) is 0 Å². The third-order valence-corrected chi connectivity index (χ3v) is 3.86. The third-order valence-electron chi connectivity index (χ3n) is 2.08. The van der Waals surface area contributed by atoms with Crippen molar-refractivity contribution in [3.05, 3.63) is 29.8 Å². The van der Waals surface area contributed by atoms with Crippen LogP contribution in [0, 0.1) is 0 Å². The van der Waals surface area contributed by atoms with E-state index in [0.29, 0.717) is 10.5 Å². The summed E-state index contributed by atoms with van der Waals surface area (Å²) in [5.41, 5.74) is 6.13. The van der Waals surface area contributed by atoms with Crippen molar-refractivity contribution in [2.75, 3.05) is 19.5 Å². The highest BCUT2D eigenvalue weighted by Crippen LogP contribution is 2.16. The molecule has 1 aromatic carbocycles. The van der Waals surface area contributed by atoms with Crippen LogP contribution in [0.25, 0.3) is 0 Å². The molecule has 1 rings (SSSR count). The molecule has 0 saturated heterocycles. The highest BCUT2D eigenvalue weighted by atomic mass is 32.2. The Kier molecular flexibility index (Phi) is 4.26. The van der Waals surface area contributed by atoms with Crippen LogP contribution in [0.15, 0.2) is 29.2 Å². The lowest BCUT2D eigenvalue weighted by atomic mass is 10.2. The number of hydrogen-bond acceptors (Lipinski definition) is 4. The summed E-state index contributed by atoms with van der Waals surface area (Å²) < 4.78 is 28.4. The smallest absolute Gasteiger partial charge is 0.180 e. The second-order valence-corrected chi connectivity index (χ2v) is 5.20. The van der Waals surface area contributed by atoms with Crippen LogP contribution >= 0.6 is 0 Å². The van der Waals surface area contributed by atoms with E-state index < -0.39 is 9.84 Å². The van der Waals surface area contributed by atoms with Crippen LogP contribution in [-0.2, 0) is 21.1 Å². The average molecular weight is 229 g/mol. The van der Waals surface area contributed by atoms with E-state index in [1.54, 1.807) is 24.3 Å². The predicted molar refractivity (Wildman–Crippen MR) is 58.3 cm³/mol. The first-order chi connectivity index (χ1) is 7.11. The van der Waals surface area contributed by atoms with Gasteiger partial charge in [0.1, 0.15) is 0 Å². The van der Waals surface area contributed by atoms with E-state index in [-0.39, 0.29) is 18.9 Å². The molecule has 0 aliphatic carbocycles. The van der Waals surface area contributed by atoms with Gasteiger partial charge in [0, 0.05) is 13.7 Å². The molecule has 1 aromatic rings. The van der Waals surface area contributed by atoms with E-state index in [1.165, 1.54) is 7.11 Å². The summed E-state index contributed by atoms with van der Waals surface area (Å²) in [6, 6.07) is 6.77. The first-order valence-electron chi connectivity index (χ1n) is 4.61. The largest absolute Gasteiger partial charge is 0.384 e. The zero-order valence-electron chi connectivity index (χ0n) is 8.64. The van der Waals surface area contributed by atoms with Gasteiger partial charge in [-0.1, -0.05) is 18.2 Å². The molecule has 4 nitrogen and oxygen atoms in total. The van der Waals surface area contributed by atoms with Crippen molar-refractivity contribution in [3.8, 4) is 0 Å². The van der Waals surface area contributed by atoms with Gasteiger partial charge in [0.25, 0.3) is 0 Å². The van der Waals surface area contributed by atoms with E-state index in [0.717, 1.165) is 0 Å². The van der Waals surface area contributed by atoms with Crippen molar-refractivity contribution in [3.63, 3.8) is 0 Å². The van der Waals surface area contributed by atoms with Gasteiger partial charge in [-0.15, -0.1) is 0 Å². The second kappa shape index (κ2) is 5.25. The minimum Gasteiger partial charge on any atom is -0.384 e. The Morgan fingerprint density at radius 3 is 2.60 bits per heavy atom. The number of ether oxygens (including phenoxy) is 1. The van der Waals surface area contributed by atoms with Crippen LogP contribution in [0.3, 0.4) is 0 Å². The summed E-state index contributed by atoms with van der Waals surface area (Å²) in [7, 11) is -1.79. The van der Waals surface area contributed by atoms with Gasteiger partial charge in [0.15, 0.2) is 9.84 Å². The van der Waals surface area contributed by atoms with Crippen molar-refractivity contribution in [2.24, 2.45) is 5.73 Å². The molecule has 0 unspecified atom stereocenters. The molecular weight excluding hydrogens is 214 g/mol. The molecule has 0 amide bonds. The van der Waals surface area contributed by atoms with Gasteiger partial charge in [0.2, 0.25) is 0 Å². The standard InChI is InChI=1S/C10H15NO3S/c1-14-6-7-15(12,13)10-5-3-2-4-9(10)8-11/h2-5H,6-8,11H2,1H3. The summed E-state index contributed by atoms with van der Waals surface area (Å²) in [5.74, 6) is -0.0134. The normalized spacial score (nSPS) is 11.6. The Labute approximate surface area is 90.0 Å². The Hall–Kier alpha value is -0.910. The highest BCUT2D eigenvalue weighted by Gasteiger charge is 2.16. The molecule has 0 atom stereocenters. The van der Waals surface area contributed by atoms with Gasteiger partial charge in [-0.3, -0.25) is 0 Å². The topological polar surface area (TPSA) is 69.4 Å². The Morgan fingerprint density at radius 1 is 1.33 bits per heavy atom. The Bertz CT molecular complexity index is 414. The van der Waals surface area contributed by atoms with Crippen molar-refractivity contribution in [1.82, 2.24) is 0 Å². The highest BCUT2D eigenvalue weighted by molar-refractivity contribution is 7.91. The zero-order valence-corrected chi connectivity index (χ0v) is 9.46. The molecule has 0 heterocycles. The van der Waals surface area contributed by atoms with E-state index in [4.69, 9.17) is 10.5 Å².